The van der Waals surface area contributed by atoms with Crippen LogP contribution in [-0.4, -0.2) is 65.5 Å². The van der Waals surface area contributed by atoms with Gasteiger partial charge in [0.05, 0.1) is 19.4 Å². The average Bonchev–Trinajstić information content (AvgIpc) is 2.84. The molecule has 3 atom stereocenters. The number of primary amides is 1. The Morgan fingerprint density at radius 2 is 1.62 bits per heavy atom. The van der Waals surface area contributed by atoms with Gasteiger partial charge in [0.2, 0.25) is 17.7 Å². The number of hydrogen-bond acceptors (Lipinski definition) is 7. The van der Waals surface area contributed by atoms with Crippen LogP contribution in [0.1, 0.15) is 85.8 Å². The second-order valence-corrected chi connectivity index (χ2v) is 11.1. The predicted octanol–water partition coefficient (Wildman–Crippen LogP) is 3.22. The zero-order valence-corrected chi connectivity index (χ0v) is 24.8. The molecule has 0 aliphatic heterocycles. The summed E-state index contributed by atoms with van der Waals surface area (Å²) in [6.07, 6.45) is -0.105. The van der Waals surface area contributed by atoms with Crippen LogP contribution in [0, 0.1) is 5.92 Å². The van der Waals surface area contributed by atoms with Crippen LogP contribution in [0.5, 0.6) is 0 Å². The van der Waals surface area contributed by atoms with Crippen molar-refractivity contribution in [1.29, 1.82) is 0 Å². The number of nitrogens with two attached hydrogens (primary N) is 1. The first kappa shape index (κ1) is 34.4. The lowest BCUT2D eigenvalue weighted by molar-refractivity contribution is -0.146. The topological polar surface area (TPSA) is 157 Å². The van der Waals surface area contributed by atoms with Crippen LogP contribution in [-0.2, 0) is 28.7 Å². The van der Waals surface area contributed by atoms with Gasteiger partial charge in [-0.1, -0.05) is 44.2 Å². The smallest absolute Gasteiger partial charge is 0.408 e. The number of ether oxygens (including phenoxy) is 2. The maximum atomic E-state index is 14.1. The molecular weight excluding hydrogens is 516 g/mol. The first-order valence-corrected chi connectivity index (χ1v) is 13.7. The fourth-order valence-corrected chi connectivity index (χ4v) is 4.03. The monoisotopic (exact) mass is 562 g/mol. The Kier molecular flexibility index (Phi) is 14.2. The summed E-state index contributed by atoms with van der Waals surface area (Å²) in [6.45, 7) is 12.8. The fraction of sp³-hybridized carbons (Fsp3) is 0.621. The van der Waals surface area contributed by atoms with Crippen LogP contribution >= 0.6 is 0 Å². The van der Waals surface area contributed by atoms with Gasteiger partial charge in [-0.15, -0.1) is 0 Å². The molecule has 40 heavy (non-hydrogen) atoms. The molecule has 224 valence electrons. The third kappa shape index (κ3) is 12.5. The summed E-state index contributed by atoms with van der Waals surface area (Å²) in [5.74, 6) is -2.11. The molecule has 0 fully saturated rings. The van der Waals surface area contributed by atoms with Crippen molar-refractivity contribution < 1.29 is 33.4 Å². The van der Waals surface area contributed by atoms with E-state index in [2.05, 4.69) is 24.5 Å². The van der Waals surface area contributed by atoms with Gasteiger partial charge in [-0.3, -0.25) is 19.2 Å². The van der Waals surface area contributed by atoms with Gasteiger partial charge in [0.1, 0.15) is 17.7 Å². The van der Waals surface area contributed by atoms with Crippen LogP contribution < -0.4 is 16.4 Å². The molecule has 11 nitrogen and oxygen atoms in total. The van der Waals surface area contributed by atoms with Crippen LogP contribution in [0.4, 0.5) is 4.79 Å². The van der Waals surface area contributed by atoms with Gasteiger partial charge in [-0.05, 0) is 58.9 Å². The number of rotatable bonds is 15. The van der Waals surface area contributed by atoms with Crippen molar-refractivity contribution in [3.8, 4) is 0 Å². The van der Waals surface area contributed by atoms with Crippen molar-refractivity contribution >= 4 is 29.8 Å². The van der Waals surface area contributed by atoms with Crippen LogP contribution in [0.3, 0.4) is 0 Å². The van der Waals surface area contributed by atoms with Crippen LogP contribution in [0.15, 0.2) is 30.3 Å². The van der Waals surface area contributed by atoms with Crippen molar-refractivity contribution in [2.24, 2.45) is 11.7 Å². The van der Waals surface area contributed by atoms with Crippen LogP contribution in [0.25, 0.3) is 0 Å². The highest BCUT2D eigenvalue weighted by Crippen LogP contribution is 2.28. The third-order valence-electron chi connectivity index (χ3n) is 5.86. The van der Waals surface area contributed by atoms with Gasteiger partial charge in [0.25, 0.3) is 0 Å². The van der Waals surface area contributed by atoms with Crippen molar-refractivity contribution in [3.63, 3.8) is 0 Å². The fourth-order valence-electron chi connectivity index (χ4n) is 4.03. The van der Waals surface area contributed by atoms with Gasteiger partial charge in [0.15, 0.2) is 0 Å². The first-order chi connectivity index (χ1) is 18.7. The molecule has 0 saturated heterocycles. The summed E-state index contributed by atoms with van der Waals surface area (Å²) >= 11 is 0. The highest BCUT2D eigenvalue weighted by Gasteiger charge is 2.39. The molecule has 1 aromatic carbocycles. The van der Waals surface area contributed by atoms with E-state index in [1.54, 1.807) is 58.0 Å². The molecule has 0 aliphatic rings. The second-order valence-electron chi connectivity index (χ2n) is 11.1. The van der Waals surface area contributed by atoms with Gasteiger partial charge in [0, 0.05) is 12.6 Å². The third-order valence-corrected chi connectivity index (χ3v) is 5.86. The number of carbonyl (C=O) groups excluding carboxylic acids is 5. The summed E-state index contributed by atoms with van der Waals surface area (Å²) in [5.41, 5.74) is 5.13. The first-order valence-electron chi connectivity index (χ1n) is 13.7. The number of nitrogens with one attached hydrogen (secondary N) is 2. The molecule has 3 unspecified atom stereocenters. The van der Waals surface area contributed by atoms with E-state index in [9.17, 15) is 24.0 Å². The summed E-state index contributed by atoms with van der Waals surface area (Å²) in [4.78, 5) is 65.6. The molecule has 0 heterocycles. The molecule has 0 saturated carbocycles. The molecule has 4 amide bonds. The van der Waals surface area contributed by atoms with Crippen molar-refractivity contribution in [1.82, 2.24) is 15.5 Å². The van der Waals surface area contributed by atoms with E-state index in [-0.39, 0.29) is 19.6 Å². The summed E-state index contributed by atoms with van der Waals surface area (Å²) in [6, 6.07) is 5.76. The molecule has 1 aromatic rings. The van der Waals surface area contributed by atoms with E-state index in [0.29, 0.717) is 17.9 Å². The second kappa shape index (κ2) is 16.5. The molecule has 11 heteroatoms. The molecule has 0 radical (unpaired) electrons. The number of amides is 4. The minimum Gasteiger partial charge on any atom is -0.466 e. The summed E-state index contributed by atoms with van der Waals surface area (Å²) in [7, 11) is 0. The lowest BCUT2D eigenvalue weighted by Crippen LogP contribution is -2.56. The molecule has 0 bridgehead atoms. The lowest BCUT2D eigenvalue weighted by atomic mass is 9.96. The summed E-state index contributed by atoms with van der Waals surface area (Å²) in [5, 5.41) is 5.22. The number of carbonyl (C=O) groups is 5. The minimum absolute atomic E-state index is 0.00424. The average molecular weight is 563 g/mol. The number of alkyl carbamates (subject to hydrolysis) is 1. The largest absolute Gasteiger partial charge is 0.466 e. The van der Waals surface area contributed by atoms with Gasteiger partial charge < -0.3 is 30.7 Å². The quantitative estimate of drug-likeness (QED) is 0.277. The molecule has 0 spiro atoms. The Labute approximate surface area is 237 Å². The summed E-state index contributed by atoms with van der Waals surface area (Å²) < 4.78 is 10.2. The van der Waals surface area contributed by atoms with Crippen molar-refractivity contribution in [2.75, 3.05) is 13.2 Å². The zero-order valence-electron chi connectivity index (χ0n) is 24.8. The van der Waals surface area contributed by atoms with Crippen molar-refractivity contribution in [2.45, 2.75) is 97.9 Å². The van der Waals surface area contributed by atoms with E-state index in [1.165, 1.54) is 4.90 Å². The Morgan fingerprint density at radius 1 is 1.00 bits per heavy atom. The van der Waals surface area contributed by atoms with E-state index in [4.69, 9.17) is 15.2 Å². The maximum absolute atomic E-state index is 14.1. The van der Waals surface area contributed by atoms with E-state index in [0.717, 1.165) is 6.42 Å². The van der Waals surface area contributed by atoms with Crippen LogP contribution in [0.2, 0.25) is 0 Å². The number of nitrogens with zero attached hydrogens (tertiary/aromatic N) is 1. The van der Waals surface area contributed by atoms with E-state index in [1.807, 2.05) is 6.92 Å². The highest BCUT2D eigenvalue weighted by molar-refractivity contribution is 5.94. The maximum Gasteiger partial charge on any atom is 0.408 e. The molecule has 1 rings (SSSR count). The SMILES string of the molecule is CCOC(=O)CCNC(=O)C(c1ccccc1)N(C(=O)C(CC(N)=O)NC(=O)OC(C)(C)C)C(C)CCC(C)C. The highest BCUT2D eigenvalue weighted by atomic mass is 16.6. The Balaban J connectivity index is 3.50. The Hall–Kier alpha value is -3.63. The molecule has 0 aromatic heterocycles. The number of benzene rings is 1. The van der Waals surface area contributed by atoms with Gasteiger partial charge in [-0.2, -0.15) is 0 Å². The molecule has 4 N–H and O–H groups in total. The zero-order chi connectivity index (χ0) is 30.5. The van der Waals surface area contributed by atoms with Crippen molar-refractivity contribution in [3.05, 3.63) is 35.9 Å². The lowest BCUT2D eigenvalue weighted by Gasteiger charge is -2.38. The number of hydrogen-bond donors (Lipinski definition) is 3. The van der Waals surface area contributed by atoms with E-state index < -0.39 is 59.9 Å². The standard InChI is InChI=1S/C29H46N4O7/c1-8-39-24(35)16-17-31-26(36)25(21-12-10-9-11-13-21)33(20(4)15-14-19(2)3)27(37)22(18-23(30)34)32-28(38)40-29(5,6)7/h9-13,19-20,22,25H,8,14-18H2,1-7H3,(H2,30,34)(H,31,36)(H,32,38). The van der Waals surface area contributed by atoms with Gasteiger partial charge in [-0.25, -0.2) is 4.79 Å². The Morgan fingerprint density at radius 3 is 2.15 bits per heavy atom. The van der Waals surface area contributed by atoms with Gasteiger partial charge >= 0.3 is 12.1 Å². The predicted molar refractivity (Wildman–Crippen MR) is 151 cm³/mol. The molecule has 0 aliphatic carbocycles. The molecular formula is C29H46N4O7. The Bertz CT molecular complexity index is 992. The normalized spacial score (nSPS) is 13.5. The minimum atomic E-state index is -1.37. The number of esters is 1. The van der Waals surface area contributed by atoms with E-state index >= 15 is 0 Å².